The van der Waals surface area contributed by atoms with Crippen LogP contribution >= 0.6 is 12.2 Å². The molecule has 0 spiro atoms. The number of pyridine rings is 1. The van der Waals surface area contributed by atoms with E-state index in [0.717, 1.165) is 29.2 Å². The van der Waals surface area contributed by atoms with Gasteiger partial charge in [0.15, 0.2) is 0 Å². The molecular weight excluding hydrogens is 254 g/mol. The minimum atomic E-state index is 0.365. The maximum Gasteiger partial charge on any atom is 0.139 e. The van der Waals surface area contributed by atoms with E-state index in [1.807, 2.05) is 19.9 Å². The Bertz CT molecular complexity index is 467. The third-order valence-corrected chi connectivity index (χ3v) is 3.23. The van der Waals surface area contributed by atoms with Crippen LogP contribution in [0.25, 0.3) is 0 Å². The Morgan fingerprint density at radius 2 is 1.89 bits per heavy atom. The van der Waals surface area contributed by atoms with Gasteiger partial charge < -0.3 is 10.6 Å². The van der Waals surface area contributed by atoms with Crippen molar-refractivity contribution in [3.8, 4) is 0 Å². The number of hydrogen-bond acceptors (Lipinski definition) is 3. The third-order valence-electron chi connectivity index (χ3n) is 3.03. The smallest absolute Gasteiger partial charge is 0.139 e. The molecule has 0 saturated heterocycles. The molecule has 0 aliphatic carbocycles. The van der Waals surface area contributed by atoms with E-state index in [0.29, 0.717) is 16.9 Å². The maximum atomic E-state index is 5.90. The van der Waals surface area contributed by atoms with Crippen LogP contribution < -0.4 is 10.6 Å². The fraction of sp³-hybridized carbons (Fsp3) is 0.600. The number of anilines is 1. The van der Waals surface area contributed by atoms with Crippen molar-refractivity contribution in [1.29, 1.82) is 0 Å². The van der Waals surface area contributed by atoms with Crippen molar-refractivity contribution in [1.82, 2.24) is 4.98 Å². The Morgan fingerprint density at radius 1 is 1.32 bits per heavy atom. The summed E-state index contributed by atoms with van der Waals surface area (Å²) in [7, 11) is 0. The second-order valence-corrected chi connectivity index (χ2v) is 6.22. The molecule has 19 heavy (non-hydrogen) atoms. The van der Waals surface area contributed by atoms with Crippen molar-refractivity contribution >= 4 is 23.0 Å². The molecule has 106 valence electrons. The van der Waals surface area contributed by atoms with Crippen molar-refractivity contribution in [2.45, 2.75) is 47.6 Å². The van der Waals surface area contributed by atoms with Crippen LogP contribution in [0.3, 0.4) is 0 Å². The molecule has 0 fully saturated rings. The molecule has 0 bridgehead atoms. The number of aromatic nitrogens is 1. The zero-order valence-electron chi connectivity index (χ0n) is 12.8. The summed E-state index contributed by atoms with van der Waals surface area (Å²) in [4.78, 5) is 7.40. The molecule has 0 radical (unpaired) electrons. The van der Waals surface area contributed by atoms with E-state index < -0.39 is 0 Å². The van der Waals surface area contributed by atoms with E-state index >= 15 is 0 Å². The molecule has 1 aromatic rings. The lowest BCUT2D eigenvalue weighted by Crippen LogP contribution is -2.37. The largest absolute Gasteiger partial charge is 0.389 e. The van der Waals surface area contributed by atoms with E-state index in [1.165, 1.54) is 0 Å². The van der Waals surface area contributed by atoms with Gasteiger partial charge in [0.25, 0.3) is 0 Å². The van der Waals surface area contributed by atoms with Crippen molar-refractivity contribution < 1.29 is 0 Å². The van der Waals surface area contributed by atoms with Gasteiger partial charge in [-0.1, -0.05) is 26.1 Å². The van der Waals surface area contributed by atoms with Gasteiger partial charge in [-0.15, -0.1) is 0 Å². The second kappa shape index (κ2) is 6.33. The fourth-order valence-electron chi connectivity index (χ4n) is 2.26. The summed E-state index contributed by atoms with van der Waals surface area (Å²) in [5.41, 5.74) is 8.91. The van der Waals surface area contributed by atoms with Crippen LogP contribution in [-0.2, 0) is 0 Å². The lowest BCUT2D eigenvalue weighted by molar-refractivity contribution is 0.565. The van der Waals surface area contributed by atoms with Crippen molar-refractivity contribution in [2.75, 3.05) is 11.4 Å². The summed E-state index contributed by atoms with van der Waals surface area (Å²) >= 11 is 5.21. The summed E-state index contributed by atoms with van der Waals surface area (Å²) in [6.45, 7) is 13.8. The highest BCUT2D eigenvalue weighted by molar-refractivity contribution is 7.80. The van der Waals surface area contributed by atoms with E-state index in [9.17, 15) is 0 Å². The Labute approximate surface area is 122 Å². The second-order valence-electron chi connectivity index (χ2n) is 5.78. The Kier molecular flexibility index (Phi) is 5.29. The summed E-state index contributed by atoms with van der Waals surface area (Å²) in [6.07, 6.45) is 0. The summed E-state index contributed by atoms with van der Waals surface area (Å²) in [5.74, 6) is 1.48. The van der Waals surface area contributed by atoms with Gasteiger partial charge in [-0.3, -0.25) is 0 Å². The number of aryl methyl sites for hydroxylation is 2. The lowest BCUT2D eigenvalue weighted by Gasteiger charge is -2.32. The van der Waals surface area contributed by atoms with Crippen LogP contribution in [0.2, 0.25) is 0 Å². The fourth-order valence-corrected chi connectivity index (χ4v) is 2.52. The van der Waals surface area contributed by atoms with E-state index in [2.05, 4.69) is 37.6 Å². The van der Waals surface area contributed by atoms with Crippen molar-refractivity contribution in [3.63, 3.8) is 0 Å². The van der Waals surface area contributed by atoms with Gasteiger partial charge in [-0.2, -0.15) is 0 Å². The first-order valence-electron chi connectivity index (χ1n) is 6.78. The van der Waals surface area contributed by atoms with Crippen molar-refractivity contribution in [3.05, 3.63) is 22.9 Å². The molecule has 0 aromatic carbocycles. The first-order chi connectivity index (χ1) is 8.73. The zero-order chi connectivity index (χ0) is 14.7. The predicted octanol–water partition coefficient (Wildman–Crippen LogP) is 3.20. The lowest BCUT2D eigenvalue weighted by atomic mass is 10.1. The van der Waals surface area contributed by atoms with Gasteiger partial charge in [0, 0.05) is 18.3 Å². The highest BCUT2D eigenvalue weighted by atomic mass is 32.1. The van der Waals surface area contributed by atoms with Crippen LogP contribution in [0, 0.1) is 19.8 Å². The Balaban J connectivity index is 3.39. The van der Waals surface area contributed by atoms with Gasteiger partial charge in [-0.25, -0.2) is 4.98 Å². The molecular formula is C15H25N3S. The first-order valence-corrected chi connectivity index (χ1v) is 7.19. The molecule has 3 nitrogen and oxygen atoms in total. The quantitative estimate of drug-likeness (QED) is 0.841. The van der Waals surface area contributed by atoms with E-state index in [-0.39, 0.29) is 0 Å². The molecule has 0 unspecified atom stereocenters. The topological polar surface area (TPSA) is 42.1 Å². The average Bonchev–Trinajstić information content (AvgIpc) is 2.23. The summed E-state index contributed by atoms with van der Waals surface area (Å²) < 4.78 is 0. The summed E-state index contributed by atoms with van der Waals surface area (Å²) in [6, 6.07) is 2.40. The Hall–Kier alpha value is -1.16. The number of thiocarbonyl (C=S) groups is 1. The van der Waals surface area contributed by atoms with Gasteiger partial charge >= 0.3 is 0 Å². The molecule has 0 aliphatic heterocycles. The average molecular weight is 279 g/mol. The normalized spacial score (nSPS) is 11.2. The van der Waals surface area contributed by atoms with E-state index in [1.54, 1.807) is 0 Å². The van der Waals surface area contributed by atoms with E-state index in [4.69, 9.17) is 18.0 Å². The standard InChI is InChI=1S/C15H25N3S/c1-9(2)8-18(10(3)4)15-13(14(16)19)11(5)7-12(6)17-15/h7,9-10H,8H2,1-6H3,(H2,16,19). The minimum Gasteiger partial charge on any atom is -0.389 e. The van der Waals surface area contributed by atoms with Crippen LogP contribution in [-0.4, -0.2) is 22.6 Å². The van der Waals surface area contributed by atoms with Gasteiger partial charge in [0.05, 0.1) is 5.56 Å². The molecule has 1 aromatic heterocycles. The van der Waals surface area contributed by atoms with Crippen LogP contribution in [0.5, 0.6) is 0 Å². The number of nitrogens with zero attached hydrogens (tertiary/aromatic N) is 2. The van der Waals surface area contributed by atoms with Gasteiger partial charge in [0.1, 0.15) is 10.8 Å². The van der Waals surface area contributed by atoms with Crippen molar-refractivity contribution in [2.24, 2.45) is 11.7 Å². The number of hydrogen-bond donors (Lipinski definition) is 1. The molecule has 1 rings (SSSR count). The summed E-state index contributed by atoms with van der Waals surface area (Å²) in [5, 5.41) is 0. The molecule has 0 saturated carbocycles. The molecule has 1 heterocycles. The highest BCUT2D eigenvalue weighted by Crippen LogP contribution is 2.25. The maximum absolute atomic E-state index is 5.90. The number of nitrogens with two attached hydrogens (primary N) is 1. The molecule has 0 atom stereocenters. The van der Waals surface area contributed by atoms with Crippen LogP contribution in [0.15, 0.2) is 6.07 Å². The number of rotatable bonds is 5. The SMILES string of the molecule is Cc1cc(C)c(C(N)=S)c(N(CC(C)C)C(C)C)n1. The zero-order valence-corrected chi connectivity index (χ0v) is 13.6. The monoisotopic (exact) mass is 279 g/mol. The molecule has 0 aliphatic rings. The van der Waals surface area contributed by atoms with Crippen LogP contribution in [0.1, 0.15) is 44.5 Å². The van der Waals surface area contributed by atoms with Crippen LogP contribution in [0.4, 0.5) is 5.82 Å². The third kappa shape index (κ3) is 3.90. The minimum absolute atomic E-state index is 0.365. The van der Waals surface area contributed by atoms with Gasteiger partial charge in [0.2, 0.25) is 0 Å². The van der Waals surface area contributed by atoms with Gasteiger partial charge in [-0.05, 0) is 45.2 Å². The predicted molar refractivity (Wildman–Crippen MR) is 86.9 cm³/mol. The molecule has 4 heteroatoms. The molecule has 0 amide bonds. The highest BCUT2D eigenvalue weighted by Gasteiger charge is 2.20. The molecule has 2 N–H and O–H groups in total. The first kappa shape index (κ1) is 15.9. The Morgan fingerprint density at radius 3 is 2.32 bits per heavy atom.